The van der Waals surface area contributed by atoms with Gasteiger partial charge in [0.15, 0.2) is 0 Å². The molecule has 0 aromatic carbocycles. The van der Waals surface area contributed by atoms with Gasteiger partial charge in [-0.3, -0.25) is 4.79 Å². The molecule has 0 saturated carbocycles. The Balaban J connectivity index is 2.82. The van der Waals surface area contributed by atoms with Crippen LogP contribution < -0.4 is 5.73 Å². The van der Waals surface area contributed by atoms with Crippen molar-refractivity contribution in [2.45, 2.75) is 31.1 Å². The van der Waals surface area contributed by atoms with E-state index in [9.17, 15) is 4.79 Å². The van der Waals surface area contributed by atoms with Gasteiger partial charge in [0.1, 0.15) is 0 Å². The number of hydrogen-bond donors (Lipinski definition) is 1. The van der Waals surface area contributed by atoms with Crippen molar-refractivity contribution >= 4 is 16.9 Å². The number of carbonyl (C=O) groups excluding carboxylic acids is 1. The molecule has 9 heavy (non-hydrogen) atoms. The van der Waals surface area contributed by atoms with Crippen LogP contribution in [0.3, 0.4) is 0 Å². The Hall–Kier alpha value is -0.0200. The van der Waals surface area contributed by atoms with Gasteiger partial charge in [-0.15, -0.1) is 0 Å². The summed E-state index contributed by atoms with van der Waals surface area (Å²) in [6, 6.07) is 0. The van der Waals surface area contributed by atoms with E-state index in [1.54, 1.807) is 6.92 Å². The maximum Gasteiger partial charge on any atom is 0.210 e. The molecule has 1 heterocycles. The van der Waals surface area contributed by atoms with Crippen LogP contribution in [0.15, 0.2) is 0 Å². The molecular weight excluding hydrogens is 134 g/mol. The zero-order valence-corrected chi connectivity index (χ0v) is 6.71. The Morgan fingerprint density at radius 3 is 1.89 bits per heavy atom. The van der Waals surface area contributed by atoms with Crippen LogP contribution in [0.4, 0.5) is 0 Å². The molecule has 1 unspecified atom stereocenters. The predicted molar refractivity (Wildman–Crippen MR) is 39.3 cm³/mol. The lowest BCUT2D eigenvalue weighted by molar-refractivity contribution is -0.118. The van der Waals surface area contributed by atoms with E-state index in [1.807, 2.05) is 13.8 Å². The average Bonchev–Trinajstić information content (AvgIpc) is 1.65. The Morgan fingerprint density at radius 2 is 1.89 bits per heavy atom. The molecule has 0 aromatic rings. The first-order chi connectivity index (χ1) is 3.88. The Labute approximate surface area is 59.2 Å². The molecule has 1 aliphatic rings. The highest BCUT2D eigenvalue weighted by atomic mass is 32.2. The second kappa shape index (κ2) is 1.52. The highest BCUT2D eigenvalue weighted by Crippen LogP contribution is 2.47. The number of hydrogen-bond acceptors (Lipinski definition) is 3. The van der Waals surface area contributed by atoms with Gasteiger partial charge in [0.25, 0.3) is 0 Å². The van der Waals surface area contributed by atoms with E-state index in [1.165, 1.54) is 11.8 Å². The van der Waals surface area contributed by atoms with Crippen LogP contribution >= 0.6 is 11.8 Å². The molecule has 2 nitrogen and oxygen atoms in total. The third kappa shape index (κ3) is 0.715. The second-order valence-electron chi connectivity index (χ2n) is 3.10. The Morgan fingerprint density at radius 1 is 1.44 bits per heavy atom. The van der Waals surface area contributed by atoms with Crippen LogP contribution in [-0.2, 0) is 4.79 Å². The summed E-state index contributed by atoms with van der Waals surface area (Å²) >= 11 is 1.33. The lowest BCUT2D eigenvalue weighted by atomic mass is 9.88. The van der Waals surface area contributed by atoms with E-state index in [2.05, 4.69) is 0 Å². The van der Waals surface area contributed by atoms with E-state index in [0.717, 1.165) is 0 Å². The molecule has 3 heteroatoms. The van der Waals surface area contributed by atoms with Crippen molar-refractivity contribution in [2.24, 2.45) is 5.73 Å². The van der Waals surface area contributed by atoms with Gasteiger partial charge in [-0.05, 0) is 20.8 Å². The first-order valence-electron chi connectivity index (χ1n) is 2.90. The van der Waals surface area contributed by atoms with Crippen molar-refractivity contribution in [1.82, 2.24) is 0 Å². The van der Waals surface area contributed by atoms with Crippen LogP contribution in [0.25, 0.3) is 0 Å². The predicted octanol–water partition coefficient (Wildman–Crippen LogP) is 0.756. The van der Waals surface area contributed by atoms with Crippen molar-refractivity contribution in [3.63, 3.8) is 0 Å². The van der Waals surface area contributed by atoms with Crippen molar-refractivity contribution in [3.05, 3.63) is 0 Å². The van der Waals surface area contributed by atoms with E-state index < -0.39 is 5.54 Å². The minimum atomic E-state index is -0.600. The monoisotopic (exact) mass is 145 g/mol. The van der Waals surface area contributed by atoms with Crippen LogP contribution in [0, 0.1) is 0 Å². The van der Waals surface area contributed by atoms with Crippen LogP contribution in [0.1, 0.15) is 20.8 Å². The Kier molecular flexibility index (Phi) is 1.20. The fourth-order valence-corrected chi connectivity index (χ4v) is 1.73. The molecule has 0 aromatic heterocycles. The SMILES string of the molecule is CC1(C)SC(=O)C1(C)N. The molecule has 1 fully saturated rings. The molecular formula is C6H11NOS. The van der Waals surface area contributed by atoms with Crippen LogP contribution in [0.2, 0.25) is 0 Å². The molecule has 0 aliphatic carbocycles. The maximum atomic E-state index is 10.8. The summed E-state index contributed by atoms with van der Waals surface area (Å²) in [6.45, 7) is 5.75. The third-order valence-corrected chi connectivity index (χ3v) is 3.57. The first kappa shape index (κ1) is 7.09. The van der Waals surface area contributed by atoms with Gasteiger partial charge in [-0.1, -0.05) is 11.8 Å². The maximum absolute atomic E-state index is 10.8. The normalized spacial score (nSPS) is 40.2. The first-order valence-corrected chi connectivity index (χ1v) is 3.72. The van der Waals surface area contributed by atoms with Crippen molar-refractivity contribution in [2.75, 3.05) is 0 Å². The fraction of sp³-hybridized carbons (Fsp3) is 0.833. The summed E-state index contributed by atoms with van der Waals surface area (Å²) in [5.41, 5.74) is 5.07. The van der Waals surface area contributed by atoms with Gasteiger partial charge in [0.05, 0.1) is 5.54 Å². The topological polar surface area (TPSA) is 43.1 Å². The number of rotatable bonds is 0. The van der Waals surface area contributed by atoms with Gasteiger partial charge in [-0.2, -0.15) is 0 Å². The molecule has 0 amide bonds. The lowest BCUT2D eigenvalue weighted by Crippen LogP contribution is -2.66. The summed E-state index contributed by atoms with van der Waals surface area (Å²) in [5, 5.41) is 0.104. The molecule has 0 bridgehead atoms. The summed E-state index contributed by atoms with van der Waals surface area (Å²) in [4.78, 5) is 10.8. The van der Waals surface area contributed by atoms with Crippen molar-refractivity contribution < 1.29 is 4.79 Å². The smallest absolute Gasteiger partial charge is 0.210 e. The highest BCUT2D eigenvalue weighted by molar-refractivity contribution is 8.17. The minimum absolute atomic E-state index is 0.0654. The quantitative estimate of drug-likeness (QED) is 0.547. The van der Waals surface area contributed by atoms with Crippen LogP contribution in [0.5, 0.6) is 0 Å². The van der Waals surface area contributed by atoms with Gasteiger partial charge in [0, 0.05) is 4.75 Å². The zero-order chi connectivity index (χ0) is 7.28. The second-order valence-corrected chi connectivity index (χ2v) is 4.70. The van der Waals surface area contributed by atoms with Gasteiger partial charge < -0.3 is 5.73 Å². The number of nitrogens with two attached hydrogens (primary N) is 1. The molecule has 2 N–H and O–H groups in total. The summed E-state index contributed by atoms with van der Waals surface area (Å²) < 4.78 is -0.0654. The minimum Gasteiger partial charge on any atom is -0.317 e. The Bertz CT molecular complexity index is 162. The molecule has 1 aliphatic heterocycles. The molecule has 1 saturated heterocycles. The number of thioether (sulfide) groups is 1. The van der Waals surface area contributed by atoms with Gasteiger partial charge in [0.2, 0.25) is 5.12 Å². The van der Waals surface area contributed by atoms with E-state index in [0.29, 0.717) is 0 Å². The molecule has 1 atom stereocenters. The highest BCUT2D eigenvalue weighted by Gasteiger charge is 2.55. The summed E-state index contributed by atoms with van der Waals surface area (Å²) in [5.74, 6) is 0. The lowest BCUT2D eigenvalue weighted by Gasteiger charge is -2.48. The van der Waals surface area contributed by atoms with E-state index >= 15 is 0 Å². The van der Waals surface area contributed by atoms with Crippen molar-refractivity contribution in [3.8, 4) is 0 Å². The molecule has 0 radical (unpaired) electrons. The molecule has 52 valence electrons. The third-order valence-electron chi connectivity index (χ3n) is 2.02. The fourth-order valence-electron chi connectivity index (χ4n) is 0.643. The van der Waals surface area contributed by atoms with E-state index in [-0.39, 0.29) is 9.86 Å². The average molecular weight is 145 g/mol. The standard InChI is InChI=1S/C6H11NOS/c1-5(2)6(3,7)4(8)9-5/h7H2,1-3H3. The van der Waals surface area contributed by atoms with Crippen LogP contribution in [-0.4, -0.2) is 15.4 Å². The van der Waals surface area contributed by atoms with E-state index in [4.69, 9.17) is 5.73 Å². The summed E-state index contributed by atoms with van der Waals surface area (Å²) in [7, 11) is 0. The zero-order valence-electron chi connectivity index (χ0n) is 5.89. The summed E-state index contributed by atoms with van der Waals surface area (Å²) in [6.07, 6.45) is 0. The van der Waals surface area contributed by atoms with Gasteiger partial charge in [-0.25, -0.2) is 0 Å². The van der Waals surface area contributed by atoms with Gasteiger partial charge >= 0.3 is 0 Å². The van der Waals surface area contributed by atoms with Crippen molar-refractivity contribution in [1.29, 1.82) is 0 Å². The largest absolute Gasteiger partial charge is 0.317 e. The molecule has 0 spiro atoms. The number of carbonyl (C=O) groups is 1. The molecule has 1 rings (SSSR count).